The molecule has 0 radical (unpaired) electrons. The van der Waals surface area contributed by atoms with Gasteiger partial charge in [0.15, 0.2) is 0 Å². The van der Waals surface area contributed by atoms with Crippen LogP contribution in [0.4, 0.5) is 11.4 Å². The molecule has 0 saturated carbocycles. The number of nitrogens with zero attached hydrogens (tertiary/aromatic N) is 2. The Hall–Kier alpha value is -1.18. The van der Waals surface area contributed by atoms with E-state index >= 15 is 0 Å². The van der Waals surface area contributed by atoms with Crippen LogP contribution in [0.15, 0.2) is 23.4 Å². The minimum absolute atomic E-state index is 0. The molecule has 0 aliphatic rings. The van der Waals surface area contributed by atoms with Crippen molar-refractivity contribution < 1.29 is 8.42 Å². The number of sulfonamides is 1. The fourth-order valence-electron chi connectivity index (χ4n) is 1.77. The second-order valence-electron chi connectivity index (χ2n) is 4.31. The largest absolute Gasteiger partial charge is 0.370 e. The van der Waals surface area contributed by atoms with Crippen LogP contribution in [0.3, 0.4) is 0 Å². The second kappa shape index (κ2) is 8.18. The summed E-state index contributed by atoms with van der Waals surface area (Å²) in [5.41, 5.74) is 2.18. The zero-order valence-corrected chi connectivity index (χ0v) is 13.4. The van der Waals surface area contributed by atoms with E-state index < -0.39 is 10.0 Å². The fourth-order valence-corrected chi connectivity index (χ4v) is 2.24. The van der Waals surface area contributed by atoms with Crippen LogP contribution in [0.1, 0.15) is 12.5 Å². The molecular formula is C12H20ClN3O3S. The van der Waals surface area contributed by atoms with Gasteiger partial charge in [0, 0.05) is 25.3 Å². The van der Waals surface area contributed by atoms with Gasteiger partial charge in [0.05, 0.1) is 6.26 Å². The van der Waals surface area contributed by atoms with Gasteiger partial charge in [-0.2, -0.15) is 0 Å². The van der Waals surface area contributed by atoms with Gasteiger partial charge in [-0.3, -0.25) is 0 Å². The lowest BCUT2D eigenvalue weighted by atomic mass is 10.1. The van der Waals surface area contributed by atoms with Crippen molar-refractivity contribution in [3.8, 4) is 0 Å². The molecular weight excluding hydrogens is 302 g/mol. The molecule has 1 N–H and O–H groups in total. The van der Waals surface area contributed by atoms with Crippen LogP contribution in [0, 0.1) is 11.8 Å². The summed E-state index contributed by atoms with van der Waals surface area (Å²) in [6.45, 7) is 5.47. The Kier molecular flexibility index (Phi) is 7.70. The van der Waals surface area contributed by atoms with E-state index in [-0.39, 0.29) is 12.4 Å². The molecule has 0 aliphatic carbocycles. The van der Waals surface area contributed by atoms with Crippen molar-refractivity contribution >= 4 is 33.8 Å². The van der Waals surface area contributed by atoms with Crippen molar-refractivity contribution in [1.29, 1.82) is 0 Å². The highest BCUT2D eigenvalue weighted by molar-refractivity contribution is 7.88. The van der Waals surface area contributed by atoms with E-state index in [0.29, 0.717) is 18.8 Å². The Morgan fingerprint density at radius 2 is 2.00 bits per heavy atom. The van der Waals surface area contributed by atoms with Crippen LogP contribution in [0.2, 0.25) is 0 Å². The Balaban J connectivity index is 0.00000361. The maximum Gasteiger partial charge on any atom is 0.208 e. The molecule has 114 valence electrons. The van der Waals surface area contributed by atoms with Gasteiger partial charge < -0.3 is 4.90 Å². The molecule has 6 nitrogen and oxygen atoms in total. The van der Waals surface area contributed by atoms with Gasteiger partial charge in [0.1, 0.15) is 5.69 Å². The van der Waals surface area contributed by atoms with E-state index in [4.69, 9.17) is 0 Å². The number of nitroso groups, excluding NO2 is 1. The third-order valence-electron chi connectivity index (χ3n) is 2.77. The molecule has 0 fully saturated rings. The summed E-state index contributed by atoms with van der Waals surface area (Å²) >= 11 is 0. The van der Waals surface area contributed by atoms with Crippen molar-refractivity contribution in [2.75, 3.05) is 30.8 Å². The average molecular weight is 322 g/mol. The summed E-state index contributed by atoms with van der Waals surface area (Å²) in [5.74, 6) is 0. The molecule has 0 unspecified atom stereocenters. The van der Waals surface area contributed by atoms with E-state index in [1.807, 2.05) is 30.9 Å². The number of anilines is 1. The predicted octanol–water partition coefficient (Wildman–Crippen LogP) is 2.19. The van der Waals surface area contributed by atoms with Crippen LogP contribution in [-0.2, 0) is 10.0 Å². The molecule has 1 aromatic rings. The molecule has 8 heteroatoms. The maximum absolute atomic E-state index is 11.0. The minimum Gasteiger partial charge on any atom is -0.370 e. The van der Waals surface area contributed by atoms with Crippen LogP contribution >= 0.6 is 12.4 Å². The monoisotopic (exact) mass is 321 g/mol. The Labute approximate surface area is 126 Å². The predicted molar refractivity (Wildman–Crippen MR) is 84.6 cm³/mol. The quantitative estimate of drug-likeness (QED) is 0.781. The van der Waals surface area contributed by atoms with Gasteiger partial charge in [-0.05, 0) is 42.8 Å². The van der Waals surface area contributed by atoms with E-state index in [1.165, 1.54) is 0 Å². The van der Waals surface area contributed by atoms with Gasteiger partial charge in [-0.1, -0.05) is 0 Å². The third kappa shape index (κ3) is 5.85. The summed E-state index contributed by atoms with van der Waals surface area (Å²) in [7, 11) is -3.16. The van der Waals surface area contributed by atoms with Crippen molar-refractivity contribution in [2.45, 2.75) is 13.8 Å². The zero-order valence-electron chi connectivity index (χ0n) is 11.8. The Morgan fingerprint density at radius 3 is 2.45 bits per heavy atom. The SMILES string of the molecule is CCN(CCNS(C)(=O)=O)c1ccc(N=O)c(C)c1.Cl. The molecule has 0 heterocycles. The summed E-state index contributed by atoms with van der Waals surface area (Å²) in [6, 6.07) is 5.36. The standard InChI is InChI=1S/C12H19N3O3S.ClH/c1-4-15(8-7-13-19(3,17)18)11-5-6-12(14-16)10(2)9-11;/h5-6,9,13H,4,7-8H2,1-3H3;1H. The number of hydrogen-bond donors (Lipinski definition) is 1. The number of hydrogen-bond acceptors (Lipinski definition) is 5. The molecule has 0 aliphatic heterocycles. The van der Waals surface area contributed by atoms with Gasteiger partial charge in [0.25, 0.3) is 0 Å². The Bertz CT molecular complexity index is 549. The summed E-state index contributed by atoms with van der Waals surface area (Å²) in [6.07, 6.45) is 1.14. The van der Waals surface area contributed by atoms with E-state index in [0.717, 1.165) is 24.1 Å². The lowest BCUT2D eigenvalue weighted by Gasteiger charge is -2.23. The van der Waals surface area contributed by atoms with E-state index in [9.17, 15) is 13.3 Å². The molecule has 0 saturated heterocycles. The average Bonchev–Trinajstić information content (AvgIpc) is 2.33. The molecule has 1 aromatic carbocycles. The topological polar surface area (TPSA) is 78.8 Å². The van der Waals surface area contributed by atoms with Crippen LogP contribution in [-0.4, -0.2) is 34.3 Å². The molecule has 0 amide bonds. The first-order chi connectivity index (χ1) is 8.87. The molecule has 0 spiro atoms. The van der Waals surface area contributed by atoms with Crippen LogP contribution in [0.5, 0.6) is 0 Å². The van der Waals surface area contributed by atoms with Gasteiger partial charge in [-0.25, -0.2) is 13.1 Å². The van der Waals surface area contributed by atoms with E-state index in [1.54, 1.807) is 6.07 Å². The summed E-state index contributed by atoms with van der Waals surface area (Å²) < 4.78 is 24.5. The van der Waals surface area contributed by atoms with Crippen molar-refractivity contribution in [1.82, 2.24) is 4.72 Å². The Morgan fingerprint density at radius 1 is 1.35 bits per heavy atom. The first kappa shape index (κ1) is 18.8. The second-order valence-corrected chi connectivity index (χ2v) is 6.14. The molecule has 1 rings (SSSR count). The normalized spacial score (nSPS) is 10.8. The summed E-state index contributed by atoms with van der Waals surface area (Å²) in [5, 5.41) is 2.93. The van der Waals surface area contributed by atoms with Crippen molar-refractivity contribution in [2.24, 2.45) is 5.18 Å². The molecule has 20 heavy (non-hydrogen) atoms. The van der Waals surface area contributed by atoms with Crippen LogP contribution in [0.25, 0.3) is 0 Å². The van der Waals surface area contributed by atoms with Crippen molar-refractivity contribution in [3.05, 3.63) is 28.7 Å². The number of halogens is 1. The van der Waals surface area contributed by atoms with Gasteiger partial charge in [-0.15, -0.1) is 17.3 Å². The molecule has 0 atom stereocenters. The van der Waals surface area contributed by atoms with Crippen LogP contribution < -0.4 is 9.62 Å². The van der Waals surface area contributed by atoms with Gasteiger partial charge >= 0.3 is 0 Å². The fraction of sp³-hybridized carbons (Fsp3) is 0.500. The number of rotatable bonds is 7. The summed E-state index contributed by atoms with van der Waals surface area (Å²) in [4.78, 5) is 12.5. The highest BCUT2D eigenvalue weighted by Crippen LogP contribution is 2.24. The number of likely N-dealkylation sites (N-methyl/N-ethyl adjacent to an activating group) is 1. The minimum atomic E-state index is -3.16. The third-order valence-corrected chi connectivity index (χ3v) is 3.50. The lowest BCUT2D eigenvalue weighted by Crippen LogP contribution is -2.34. The lowest BCUT2D eigenvalue weighted by molar-refractivity contribution is 0.587. The first-order valence-corrected chi connectivity index (χ1v) is 7.90. The van der Waals surface area contributed by atoms with Crippen molar-refractivity contribution in [3.63, 3.8) is 0 Å². The molecule has 0 aromatic heterocycles. The van der Waals surface area contributed by atoms with E-state index in [2.05, 4.69) is 9.90 Å². The smallest absolute Gasteiger partial charge is 0.208 e. The first-order valence-electron chi connectivity index (χ1n) is 6.01. The maximum atomic E-state index is 11.0. The zero-order chi connectivity index (χ0) is 14.5. The van der Waals surface area contributed by atoms with Gasteiger partial charge in [0.2, 0.25) is 10.0 Å². The number of nitrogens with one attached hydrogen (secondary N) is 1. The molecule has 0 bridgehead atoms. The highest BCUT2D eigenvalue weighted by Gasteiger charge is 2.08. The number of aryl methyl sites for hydroxylation is 1. The highest BCUT2D eigenvalue weighted by atomic mass is 35.5. The number of benzene rings is 1.